The minimum absolute atomic E-state index is 0.504. The first kappa shape index (κ1) is 15.2. The van der Waals surface area contributed by atoms with E-state index in [1.165, 1.54) is 11.8 Å². The predicted octanol–water partition coefficient (Wildman–Crippen LogP) is 3.44. The topological polar surface area (TPSA) is 53.9 Å². The van der Waals surface area contributed by atoms with Crippen molar-refractivity contribution in [1.29, 1.82) is 0 Å². The minimum atomic E-state index is 0.504. The Hall–Kier alpha value is -1.24. The summed E-state index contributed by atoms with van der Waals surface area (Å²) in [4.78, 5) is 15.5. The maximum absolute atomic E-state index is 6.15. The maximum atomic E-state index is 6.15. The molecule has 5 nitrogen and oxygen atoms in total. The average Bonchev–Trinajstić information content (AvgIpc) is 2.42. The molecule has 0 aliphatic carbocycles. The Balaban J connectivity index is 2.37. The van der Waals surface area contributed by atoms with Crippen molar-refractivity contribution in [2.24, 2.45) is 0 Å². The quantitative estimate of drug-likeness (QED) is 0.927. The van der Waals surface area contributed by atoms with Crippen molar-refractivity contribution in [2.75, 3.05) is 31.4 Å². The molecule has 2 aromatic rings. The van der Waals surface area contributed by atoms with Crippen molar-refractivity contribution in [3.05, 3.63) is 28.2 Å². The van der Waals surface area contributed by atoms with E-state index in [1.54, 1.807) is 25.2 Å². The molecule has 0 aliphatic rings. The van der Waals surface area contributed by atoms with Gasteiger partial charge in [-0.25, -0.2) is 0 Å². The highest BCUT2D eigenvalue weighted by Crippen LogP contribution is 2.34. The maximum Gasteiger partial charge on any atom is 0.230 e. The number of nitrogens with zero attached hydrogens (tertiary/aromatic N) is 4. The van der Waals surface area contributed by atoms with Crippen LogP contribution in [0.4, 0.5) is 11.9 Å². The van der Waals surface area contributed by atoms with E-state index in [-0.39, 0.29) is 0 Å². The number of halogens is 2. The predicted molar refractivity (Wildman–Crippen MR) is 84.3 cm³/mol. The zero-order chi connectivity index (χ0) is 14.7. The fourth-order valence-electron chi connectivity index (χ4n) is 1.36. The average molecular weight is 330 g/mol. The van der Waals surface area contributed by atoms with Crippen molar-refractivity contribution in [1.82, 2.24) is 15.0 Å². The van der Waals surface area contributed by atoms with Crippen LogP contribution in [0.15, 0.2) is 28.3 Å². The van der Waals surface area contributed by atoms with E-state index in [2.05, 4.69) is 20.3 Å². The molecule has 0 aliphatic heterocycles. The summed E-state index contributed by atoms with van der Waals surface area (Å²) in [5, 5.41) is 4.69. The standard InChI is InChI=1S/C12H13Cl2N5S/c1-15-10-16-11(19(2)3)18-12(17-10)20-9-6-7(13)4-5-8(9)14/h4-6H,1-3H3,(H,15,16,17,18). The molecule has 1 aromatic carbocycles. The van der Waals surface area contributed by atoms with E-state index in [0.29, 0.717) is 27.1 Å². The van der Waals surface area contributed by atoms with Crippen LogP contribution in [0.2, 0.25) is 10.0 Å². The molecular weight excluding hydrogens is 317 g/mol. The van der Waals surface area contributed by atoms with E-state index >= 15 is 0 Å². The third-order valence-corrected chi connectivity index (χ3v) is 3.92. The van der Waals surface area contributed by atoms with Crippen molar-refractivity contribution < 1.29 is 0 Å². The summed E-state index contributed by atoms with van der Waals surface area (Å²) in [6.07, 6.45) is 0. The van der Waals surface area contributed by atoms with Crippen LogP contribution in [-0.2, 0) is 0 Å². The van der Waals surface area contributed by atoms with Gasteiger partial charge in [0.05, 0.1) is 5.02 Å². The molecule has 0 spiro atoms. The number of nitrogens with one attached hydrogen (secondary N) is 1. The molecule has 20 heavy (non-hydrogen) atoms. The van der Waals surface area contributed by atoms with Crippen LogP contribution < -0.4 is 10.2 Å². The van der Waals surface area contributed by atoms with Crippen molar-refractivity contribution >= 4 is 46.9 Å². The number of hydrogen-bond acceptors (Lipinski definition) is 6. The molecule has 0 saturated carbocycles. The smallest absolute Gasteiger partial charge is 0.230 e. The number of hydrogen-bond donors (Lipinski definition) is 1. The van der Waals surface area contributed by atoms with Gasteiger partial charge in [0.1, 0.15) is 0 Å². The van der Waals surface area contributed by atoms with E-state index in [0.717, 1.165) is 4.90 Å². The van der Waals surface area contributed by atoms with Gasteiger partial charge in [-0.3, -0.25) is 0 Å². The Bertz CT molecular complexity index is 621. The first-order valence-electron chi connectivity index (χ1n) is 5.73. The van der Waals surface area contributed by atoms with E-state index in [1.807, 2.05) is 19.0 Å². The van der Waals surface area contributed by atoms with Crippen molar-refractivity contribution in [3.63, 3.8) is 0 Å². The van der Waals surface area contributed by atoms with Crippen LogP contribution in [0.25, 0.3) is 0 Å². The molecule has 106 valence electrons. The second kappa shape index (κ2) is 6.47. The molecule has 0 fully saturated rings. The second-order valence-corrected chi connectivity index (χ2v) is 5.92. The van der Waals surface area contributed by atoms with Gasteiger partial charge in [-0.1, -0.05) is 23.2 Å². The fourth-order valence-corrected chi connectivity index (χ4v) is 2.63. The van der Waals surface area contributed by atoms with Gasteiger partial charge in [0, 0.05) is 31.1 Å². The lowest BCUT2D eigenvalue weighted by Crippen LogP contribution is -2.15. The van der Waals surface area contributed by atoms with Crippen LogP contribution in [0, 0.1) is 0 Å². The van der Waals surface area contributed by atoms with Crippen LogP contribution >= 0.6 is 35.0 Å². The SMILES string of the molecule is CNc1nc(Sc2cc(Cl)ccc2Cl)nc(N(C)C)n1. The number of rotatable bonds is 4. The highest BCUT2D eigenvalue weighted by Gasteiger charge is 2.11. The largest absolute Gasteiger partial charge is 0.357 e. The summed E-state index contributed by atoms with van der Waals surface area (Å²) in [6.45, 7) is 0. The van der Waals surface area contributed by atoms with Gasteiger partial charge in [0.15, 0.2) is 5.16 Å². The van der Waals surface area contributed by atoms with Gasteiger partial charge < -0.3 is 10.2 Å². The van der Waals surface area contributed by atoms with Crippen LogP contribution in [-0.4, -0.2) is 36.1 Å². The molecule has 1 heterocycles. The highest BCUT2D eigenvalue weighted by molar-refractivity contribution is 7.99. The molecule has 8 heteroatoms. The van der Waals surface area contributed by atoms with Crippen LogP contribution in [0.3, 0.4) is 0 Å². The van der Waals surface area contributed by atoms with Gasteiger partial charge in [0.2, 0.25) is 11.9 Å². The minimum Gasteiger partial charge on any atom is -0.357 e. The molecule has 0 amide bonds. The molecule has 2 rings (SSSR count). The summed E-state index contributed by atoms with van der Waals surface area (Å²) in [6, 6.07) is 5.28. The summed E-state index contributed by atoms with van der Waals surface area (Å²) in [5.74, 6) is 1.08. The molecule has 0 bridgehead atoms. The number of anilines is 2. The van der Waals surface area contributed by atoms with E-state index < -0.39 is 0 Å². The lowest BCUT2D eigenvalue weighted by molar-refractivity contribution is 0.870. The molecule has 1 N–H and O–H groups in total. The van der Waals surface area contributed by atoms with Crippen LogP contribution in [0.1, 0.15) is 0 Å². The van der Waals surface area contributed by atoms with E-state index in [4.69, 9.17) is 23.2 Å². The Morgan fingerprint density at radius 3 is 2.55 bits per heavy atom. The van der Waals surface area contributed by atoms with Crippen molar-refractivity contribution in [3.8, 4) is 0 Å². The molecule has 0 saturated heterocycles. The summed E-state index contributed by atoms with van der Waals surface area (Å²) in [7, 11) is 5.50. The van der Waals surface area contributed by atoms with Gasteiger partial charge in [-0.05, 0) is 30.0 Å². The normalized spacial score (nSPS) is 10.4. The number of benzene rings is 1. The molecular formula is C12H13Cl2N5S. The van der Waals surface area contributed by atoms with Gasteiger partial charge in [0.25, 0.3) is 0 Å². The molecule has 0 atom stereocenters. The van der Waals surface area contributed by atoms with Crippen molar-refractivity contribution in [2.45, 2.75) is 10.1 Å². The lowest BCUT2D eigenvalue weighted by Gasteiger charge is -2.12. The summed E-state index contributed by atoms with van der Waals surface area (Å²) in [5.41, 5.74) is 0. The lowest BCUT2D eigenvalue weighted by atomic mass is 10.4. The zero-order valence-corrected chi connectivity index (χ0v) is 13.5. The zero-order valence-electron chi connectivity index (χ0n) is 11.2. The number of aromatic nitrogens is 3. The van der Waals surface area contributed by atoms with Crippen LogP contribution in [0.5, 0.6) is 0 Å². The Kier molecular flexibility index (Phi) is 4.91. The van der Waals surface area contributed by atoms with E-state index in [9.17, 15) is 0 Å². The third kappa shape index (κ3) is 3.65. The van der Waals surface area contributed by atoms with Gasteiger partial charge in [-0.15, -0.1) is 0 Å². The van der Waals surface area contributed by atoms with Gasteiger partial charge >= 0.3 is 0 Å². The first-order chi connectivity index (χ1) is 9.49. The Labute approximate surface area is 131 Å². The van der Waals surface area contributed by atoms with Gasteiger partial charge in [-0.2, -0.15) is 15.0 Å². The Morgan fingerprint density at radius 2 is 1.90 bits per heavy atom. The summed E-state index contributed by atoms with van der Waals surface area (Å²) >= 11 is 13.5. The second-order valence-electron chi connectivity index (χ2n) is 4.06. The Morgan fingerprint density at radius 1 is 1.15 bits per heavy atom. The third-order valence-electron chi connectivity index (χ3n) is 2.32. The summed E-state index contributed by atoms with van der Waals surface area (Å²) < 4.78 is 0. The fraction of sp³-hybridized carbons (Fsp3) is 0.250. The molecule has 0 unspecified atom stereocenters. The highest BCUT2D eigenvalue weighted by atomic mass is 35.5. The molecule has 0 radical (unpaired) electrons. The molecule has 1 aromatic heterocycles. The monoisotopic (exact) mass is 329 g/mol. The first-order valence-corrected chi connectivity index (χ1v) is 7.31.